The molecule has 2 aromatic heterocycles. The number of hydrogen-bond donors (Lipinski definition) is 1. The lowest BCUT2D eigenvalue weighted by atomic mass is 10.1. The van der Waals surface area contributed by atoms with Crippen molar-refractivity contribution in [2.24, 2.45) is 0 Å². The number of aromatic nitrogens is 1. The van der Waals surface area contributed by atoms with E-state index < -0.39 is 16.0 Å². The molecular weight excluding hydrogens is 404 g/mol. The summed E-state index contributed by atoms with van der Waals surface area (Å²) in [6, 6.07) is 10.6. The van der Waals surface area contributed by atoms with Gasteiger partial charge in [0.1, 0.15) is 4.21 Å². The second-order valence-electron chi connectivity index (χ2n) is 5.66. The Hall–Kier alpha value is -2.98. The summed E-state index contributed by atoms with van der Waals surface area (Å²) in [4.78, 5) is 23.6. The first kappa shape index (κ1) is 19.8. The predicted molar refractivity (Wildman–Crippen MR) is 103 cm³/mol. The van der Waals surface area contributed by atoms with Crippen molar-refractivity contribution in [1.82, 2.24) is 5.16 Å². The van der Waals surface area contributed by atoms with Crippen LogP contribution in [0.3, 0.4) is 0 Å². The summed E-state index contributed by atoms with van der Waals surface area (Å²) in [6.45, 7) is 3.29. The summed E-state index contributed by atoms with van der Waals surface area (Å²) in [5, 5.41) is 3.64. The van der Waals surface area contributed by atoms with Crippen LogP contribution in [0.2, 0.25) is 0 Å². The van der Waals surface area contributed by atoms with Crippen molar-refractivity contribution in [3.05, 3.63) is 53.7 Å². The van der Waals surface area contributed by atoms with Crippen molar-refractivity contribution < 1.29 is 27.3 Å². The van der Waals surface area contributed by atoms with Crippen LogP contribution in [0.5, 0.6) is 0 Å². The third kappa shape index (κ3) is 4.29. The molecule has 0 spiro atoms. The Kier molecular flexibility index (Phi) is 5.61. The monoisotopic (exact) mass is 420 g/mol. The molecule has 0 radical (unpaired) electrons. The maximum absolute atomic E-state index is 12.6. The molecule has 3 aromatic rings. The number of hydrogen-bond acceptors (Lipinski definition) is 8. The zero-order valence-electron chi connectivity index (χ0n) is 15.0. The van der Waals surface area contributed by atoms with Gasteiger partial charge in [-0.1, -0.05) is 17.3 Å². The molecule has 0 aliphatic heterocycles. The van der Waals surface area contributed by atoms with Crippen LogP contribution in [0.1, 0.15) is 34.7 Å². The van der Waals surface area contributed by atoms with Crippen LogP contribution in [0.25, 0.3) is 10.6 Å². The van der Waals surface area contributed by atoms with Gasteiger partial charge in [-0.2, -0.15) is 0 Å². The molecule has 1 aromatic carbocycles. The Balaban J connectivity index is 1.82. The average Bonchev–Trinajstić information content (AvgIpc) is 3.31. The average molecular weight is 420 g/mol. The molecule has 10 heteroatoms. The fraction of sp³-hybridized carbons (Fsp3) is 0.167. The lowest BCUT2D eigenvalue weighted by Gasteiger charge is -2.07. The molecule has 0 amide bonds. The smallest absolute Gasteiger partial charge is 0.360 e. The van der Waals surface area contributed by atoms with Crippen molar-refractivity contribution in [3.63, 3.8) is 0 Å². The van der Waals surface area contributed by atoms with Gasteiger partial charge in [0, 0.05) is 17.3 Å². The summed E-state index contributed by atoms with van der Waals surface area (Å²) in [6.07, 6.45) is 0. The maximum Gasteiger partial charge on any atom is 0.360 e. The number of nitrogens with zero attached hydrogens (tertiary/aromatic N) is 1. The molecule has 3 rings (SSSR count). The zero-order valence-corrected chi connectivity index (χ0v) is 16.6. The lowest BCUT2D eigenvalue weighted by Crippen LogP contribution is -2.11. The second-order valence-corrected chi connectivity index (χ2v) is 8.65. The minimum absolute atomic E-state index is 0.00818. The predicted octanol–water partition coefficient (Wildman–Crippen LogP) is 3.58. The van der Waals surface area contributed by atoms with Gasteiger partial charge < -0.3 is 9.26 Å². The van der Waals surface area contributed by atoms with Crippen molar-refractivity contribution >= 4 is 38.8 Å². The summed E-state index contributed by atoms with van der Waals surface area (Å²) in [7, 11) is -3.86. The number of sulfonamides is 1. The zero-order chi connectivity index (χ0) is 20.3. The Bertz CT molecular complexity index is 1130. The van der Waals surface area contributed by atoms with E-state index in [0.29, 0.717) is 10.4 Å². The fourth-order valence-corrected chi connectivity index (χ4v) is 4.60. The number of benzene rings is 1. The third-order valence-corrected chi connectivity index (χ3v) is 6.58. The van der Waals surface area contributed by atoms with E-state index in [-0.39, 0.29) is 33.7 Å². The summed E-state index contributed by atoms with van der Waals surface area (Å²) in [5.74, 6) is -0.524. The first-order valence-electron chi connectivity index (χ1n) is 8.18. The van der Waals surface area contributed by atoms with Crippen molar-refractivity contribution in [1.29, 1.82) is 0 Å². The van der Waals surface area contributed by atoms with E-state index >= 15 is 0 Å². The summed E-state index contributed by atoms with van der Waals surface area (Å²) < 4.78 is 37.7. The van der Waals surface area contributed by atoms with E-state index in [9.17, 15) is 18.0 Å². The summed E-state index contributed by atoms with van der Waals surface area (Å²) >= 11 is 0.958. The van der Waals surface area contributed by atoms with Gasteiger partial charge >= 0.3 is 5.97 Å². The number of ether oxygens (including phenoxy) is 1. The molecule has 0 bridgehead atoms. The molecule has 28 heavy (non-hydrogen) atoms. The topological polar surface area (TPSA) is 116 Å². The van der Waals surface area contributed by atoms with Gasteiger partial charge in [-0.25, -0.2) is 13.2 Å². The normalized spacial score (nSPS) is 11.2. The first-order chi connectivity index (χ1) is 13.3. The Morgan fingerprint density at radius 2 is 2.00 bits per heavy atom. The number of thiophene rings is 1. The molecular formula is C18H16N2O6S2. The van der Waals surface area contributed by atoms with Crippen molar-refractivity contribution in [2.75, 3.05) is 11.3 Å². The van der Waals surface area contributed by atoms with Crippen LogP contribution in [0.4, 0.5) is 5.69 Å². The van der Waals surface area contributed by atoms with Crippen molar-refractivity contribution in [3.8, 4) is 10.6 Å². The number of Topliss-reactive ketones (excluding diaryl/α,β-unsaturated/α-hetero) is 1. The molecule has 8 nitrogen and oxygen atoms in total. The molecule has 0 atom stereocenters. The van der Waals surface area contributed by atoms with E-state index in [1.807, 2.05) is 0 Å². The van der Waals surface area contributed by atoms with Crippen LogP contribution < -0.4 is 4.72 Å². The molecule has 1 N–H and O–H groups in total. The van der Waals surface area contributed by atoms with E-state index in [1.54, 1.807) is 31.2 Å². The Morgan fingerprint density at radius 1 is 1.21 bits per heavy atom. The molecule has 0 saturated heterocycles. The van der Waals surface area contributed by atoms with Gasteiger partial charge in [-0.05, 0) is 38.1 Å². The molecule has 0 aliphatic carbocycles. The molecule has 0 saturated carbocycles. The quantitative estimate of drug-likeness (QED) is 0.459. The molecule has 0 aliphatic rings. The molecule has 146 valence electrons. The highest BCUT2D eigenvalue weighted by Gasteiger charge is 2.21. The lowest BCUT2D eigenvalue weighted by molar-refractivity contribution is 0.0514. The van der Waals surface area contributed by atoms with E-state index in [0.717, 1.165) is 11.3 Å². The Morgan fingerprint density at radius 3 is 2.71 bits per heavy atom. The number of esters is 1. The van der Waals surface area contributed by atoms with Gasteiger partial charge in [-0.15, -0.1) is 11.3 Å². The first-order valence-corrected chi connectivity index (χ1v) is 10.5. The number of nitrogens with one attached hydrogen (secondary N) is 1. The molecule has 0 fully saturated rings. The number of rotatable bonds is 7. The summed E-state index contributed by atoms with van der Waals surface area (Å²) in [5.41, 5.74) is 0.695. The van der Waals surface area contributed by atoms with Gasteiger partial charge in [0.25, 0.3) is 10.0 Å². The minimum Gasteiger partial charge on any atom is -0.461 e. The van der Waals surface area contributed by atoms with Crippen LogP contribution in [-0.4, -0.2) is 31.9 Å². The van der Waals surface area contributed by atoms with Gasteiger partial charge in [-0.3, -0.25) is 9.52 Å². The van der Waals surface area contributed by atoms with Gasteiger partial charge in [0.2, 0.25) is 0 Å². The van der Waals surface area contributed by atoms with Crippen LogP contribution in [0.15, 0.2) is 51.2 Å². The van der Waals surface area contributed by atoms with Gasteiger partial charge in [0.05, 0.1) is 11.5 Å². The fourth-order valence-electron chi connectivity index (χ4n) is 2.30. The standard InChI is InChI=1S/C18H16N2O6S2/c1-3-25-18(22)14-10-15(26-19-14)16-7-8-17(27-16)28(23,24)20-13-6-4-5-12(9-13)11(2)21/h4-10,20H,3H2,1-2H3. The Labute approximate surface area is 165 Å². The largest absolute Gasteiger partial charge is 0.461 e. The van der Waals surface area contributed by atoms with Crippen molar-refractivity contribution in [2.45, 2.75) is 18.1 Å². The highest BCUT2D eigenvalue weighted by atomic mass is 32.2. The van der Waals surface area contributed by atoms with Crippen LogP contribution in [-0.2, 0) is 14.8 Å². The van der Waals surface area contributed by atoms with Gasteiger partial charge in [0.15, 0.2) is 17.2 Å². The second kappa shape index (κ2) is 7.95. The molecule has 0 unspecified atom stereocenters. The third-order valence-electron chi connectivity index (χ3n) is 3.61. The highest BCUT2D eigenvalue weighted by Crippen LogP contribution is 2.32. The van der Waals surface area contributed by atoms with E-state index in [2.05, 4.69) is 9.88 Å². The van der Waals surface area contributed by atoms with Crippen LogP contribution in [0, 0.1) is 0 Å². The number of carbonyl (C=O) groups excluding carboxylic acids is 2. The number of ketones is 1. The number of carbonyl (C=O) groups is 2. The minimum atomic E-state index is -3.86. The number of anilines is 1. The van der Waals surface area contributed by atoms with Crippen LogP contribution >= 0.6 is 11.3 Å². The maximum atomic E-state index is 12.6. The van der Waals surface area contributed by atoms with E-state index in [4.69, 9.17) is 9.26 Å². The van der Waals surface area contributed by atoms with E-state index in [1.165, 1.54) is 25.1 Å². The SMILES string of the molecule is CCOC(=O)c1cc(-c2ccc(S(=O)(=O)Nc3cccc(C(C)=O)c3)s2)on1. The molecule has 2 heterocycles. The highest BCUT2D eigenvalue weighted by molar-refractivity contribution is 7.94.